The Morgan fingerprint density at radius 1 is 1.12 bits per heavy atom. The lowest BCUT2D eigenvalue weighted by atomic mass is 9.98. The first-order valence-corrected chi connectivity index (χ1v) is 10.9. The number of hydrogen-bond donors (Lipinski definition) is 3. The molecule has 2 unspecified atom stereocenters. The number of ether oxygens (including phenoxy) is 3. The molecule has 0 spiro atoms. The van der Waals surface area contributed by atoms with Gasteiger partial charge >= 0.3 is 0 Å². The second-order valence-electron chi connectivity index (χ2n) is 7.83. The minimum atomic E-state index is -0.641. The molecule has 2 amide bonds. The van der Waals surface area contributed by atoms with E-state index in [1.54, 1.807) is 25.8 Å². The van der Waals surface area contributed by atoms with Gasteiger partial charge in [-0.1, -0.05) is 31.9 Å². The number of amides is 2. The maximum absolute atomic E-state index is 13.0. The topological polar surface area (TPSA) is 106 Å². The van der Waals surface area contributed by atoms with Crippen LogP contribution in [0.15, 0.2) is 42.1 Å². The second-order valence-corrected chi connectivity index (χ2v) is 7.83. The van der Waals surface area contributed by atoms with Gasteiger partial charge in [0.2, 0.25) is 5.91 Å². The molecule has 0 saturated carbocycles. The minimum Gasteiger partial charge on any atom is -0.497 e. The third kappa shape index (κ3) is 8.36. The summed E-state index contributed by atoms with van der Waals surface area (Å²) in [6.07, 6.45) is 9.03. The number of rotatable bonds is 13. The van der Waals surface area contributed by atoms with Crippen LogP contribution in [0.2, 0.25) is 0 Å². The van der Waals surface area contributed by atoms with Crippen LogP contribution < -0.4 is 20.3 Å². The van der Waals surface area contributed by atoms with Gasteiger partial charge in [0, 0.05) is 18.2 Å². The highest BCUT2D eigenvalue weighted by Crippen LogP contribution is 2.24. The maximum atomic E-state index is 13.0. The predicted octanol–water partition coefficient (Wildman–Crippen LogP) is 3.64. The van der Waals surface area contributed by atoms with Crippen molar-refractivity contribution in [3.05, 3.63) is 47.7 Å². The van der Waals surface area contributed by atoms with Crippen molar-refractivity contribution in [2.24, 2.45) is 5.92 Å². The fourth-order valence-electron chi connectivity index (χ4n) is 3.42. The van der Waals surface area contributed by atoms with E-state index in [4.69, 9.17) is 19.4 Å². The summed E-state index contributed by atoms with van der Waals surface area (Å²) in [4.78, 5) is 24.1. The van der Waals surface area contributed by atoms with E-state index in [-0.39, 0.29) is 24.9 Å². The molecular formula is C24H34N2O6. The summed E-state index contributed by atoms with van der Waals surface area (Å²) in [6.45, 7) is 2.30. The molecule has 0 heterocycles. The highest BCUT2D eigenvalue weighted by Gasteiger charge is 2.22. The summed E-state index contributed by atoms with van der Waals surface area (Å²) in [7, 11) is 3.17. The number of unbranched alkanes of at least 4 members (excludes halogenated alkanes) is 2. The summed E-state index contributed by atoms with van der Waals surface area (Å²) in [6, 6.07) is 5.48. The van der Waals surface area contributed by atoms with Crippen molar-refractivity contribution < 1.29 is 29.0 Å². The number of allylic oxidation sites excluding steroid dienone is 4. The van der Waals surface area contributed by atoms with Gasteiger partial charge in [0.1, 0.15) is 17.6 Å². The first kappa shape index (κ1) is 25.4. The average Bonchev–Trinajstić information content (AvgIpc) is 2.81. The van der Waals surface area contributed by atoms with Gasteiger partial charge in [-0.2, -0.15) is 0 Å². The molecule has 0 radical (unpaired) electrons. The van der Waals surface area contributed by atoms with Gasteiger partial charge < -0.3 is 19.5 Å². The van der Waals surface area contributed by atoms with Crippen LogP contribution in [0.1, 0.15) is 51.0 Å². The zero-order valence-electron chi connectivity index (χ0n) is 19.1. The summed E-state index contributed by atoms with van der Waals surface area (Å²) in [5.74, 6) is 0.956. The first-order chi connectivity index (χ1) is 15.5. The van der Waals surface area contributed by atoms with E-state index in [1.165, 1.54) is 0 Å². The molecule has 176 valence electrons. The van der Waals surface area contributed by atoms with E-state index in [2.05, 4.69) is 18.3 Å². The van der Waals surface area contributed by atoms with Crippen molar-refractivity contribution in [2.75, 3.05) is 14.2 Å². The number of carbonyl (C=O) groups is 2. The third-order valence-corrected chi connectivity index (χ3v) is 5.35. The zero-order valence-corrected chi connectivity index (χ0v) is 19.1. The SMILES string of the molecule is COc1cc(COC(CCCCCC(=O)NO)C(=O)NC2=CC=CCC2C)cc(OC)c1. The average molecular weight is 447 g/mol. The second kappa shape index (κ2) is 13.5. The molecule has 0 fully saturated rings. The quantitative estimate of drug-likeness (QED) is 0.243. The zero-order chi connectivity index (χ0) is 23.3. The summed E-state index contributed by atoms with van der Waals surface area (Å²) in [5, 5.41) is 11.6. The van der Waals surface area contributed by atoms with Gasteiger partial charge in [-0.15, -0.1) is 0 Å². The van der Waals surface area contributed by atoms with Crippen LogP contribution in [-0.4, -0.2) is 37.3 Å². The molecule has 0 aromatic heterocycles. The number of methoxy groups -OCH3 is 2. The van der Waals surface area contributed by atoms with E-state index in [0.717, 1.165) is 24.1 Å². The molecule has 1 aliphatic rings. The van der Waals surface area contributed by atoms with Crippen LogP contribution >= 0.6 is 0 Å². The number of benzene rings is 1. The van der Waals surface area contributed by atoms with Crippen molar-refractivity contribution in [3.8, 4) is 11.5 Å². The minimum absolute atomic E-state index is 0.179. The van der Waals surface area contributed by atoms with Gasteiger partial charge in [0.05, 0.1) is 20.8 Å². The molecule has 2 rings (SSSR count). The largest absolute Gasteiger partial charge is 0.497 e. The highest BCUT2D eigenvalue weighted by molar-refractivity contribution is 5.82. The van der Waals surface area contributed by atoms with Crippen LogP contribution in [0, 0.1) is 5.92 Å². The maximum Gasteiger partial charge on any atom is 0.253 e. The lowest BCUT2D eigenvalue weighted by Gasteiger charge is -2.22. The van der Waals surface area contributed by atoms with Crippen LogP contribution in [-0.2, 0) is 20.9 Å². The van der Waals surface area contributed by atoms with Gasteiger partial charge in [0.15, 0.2) is 0 Å². The van der Waals surface area contributed by atoms with Gasteiger partial charge in [-0.05, 0) is 49.0 Å². The normalized spacial score (nSPS) is 16.1. The Hall–Kier alpha value is -2.84. The standard InChI is InChI=1S/C24H34N2O6/c1-17-9-7-8-10-21(17)25-24(28)22(11-5-4-6-12-23(27)26-29)32-16-18-13-19(30-2)15-20(14-18)31-3/h7-8,10,13-15,17,22,29H,4-6,9,11-12,16H2,1-3H3,(H,25,28)(H,26,27). The third-order valence-electron chi connectivity index (χ3n) is 5.35. The van der Waals surface area contributed by atoms with Crippen molar-refractivity contribution >= 4 is 11.8 Å². The number of hydrogen-bond acceptors (Lipinski definition) is 6. The first-order valence-electron chi connectivity index (χ1n) is 10.9. The molecule has 1 aromatic carbocycles. The van der Waals surface area contributed by atoms with E-state index < -0.39 is 12.0 Å². The van der Waals surface area contributed by atoms with Crippen molar-refractivity contribution in [1.82, 2.24) is 10.8 Å². The van der Waals surface area contributed by atoms with Crippen molar-refractivity contribution in [1.29, 1.82) is 0 Å². The van der Waals surface area contributed by atoms with Gasteiger partial charge in [-0.3, -0.25) is 14.8 Å². The molecule has 1 aromatic rings. The Kier molecular flexibility index (Phi) is 10.8. The Bertz CT molecular complexity index is 798. The summed E-state index contributed by atoms with van der Waals surface area (Å²) >= 11 is 0. The summed E-state index contributed by atoms with van der Waals surface area (Å²) in [5.41, 5.74) is 3.35. The van der Waals surface area contributed by atoms with Crippen LogP contribution in [0.4, 0.5) is 0 Å². The van der Waals surface area contributed by atoms with Crippen LogP contribution in [0.3, 0.4) is 0 Å². The van der Waals surface area contributed by atoms with E-state index in [9.17, 15) is 9.59 Å². The van der Waals surface area contributed by atoms with Crippen molar-refractivity contribution in [3.63, 3.8) is 0 Å². The Morgan fingerprint density at radius 2 is 1.84 bits per heavy atom. The molecule has 8 nitrogen and oxygen atoms in total. The molecule has 0 aliphatic heterocycles. The molecule has 2 atom stereocenters. The monoisotopic (exact) mass is 446 g/mol. The highest BCUT2D eigenvalue weighted by atomic mass is 16.5. The van der Waals surface area contributed by atoms with Crippen molar-refractivity contribution in [2.45, 2.75) is 58.2 Å². The summed E-state index contributed by atoms with van der Waals surface area (Å²) < 4.78 is 16.6. The lowest BCUT2D eigenvalue weighted by molar-refractivity contribution is -0.133. The van der Waals surface area contributed by atoms with Crippen LogP contribution in [0.25, 0.3) is 0 Å². The van der Waals surface area contributed by atoms with E-state index in [1.807, 2.05) is 24.3 Å². The molecule has 3 N–H and O–H groups in total. The Labute approximate surface area is 189 Å². The molecular weight excluding hydrogens is 412 g/mol. The fourth-order valence-corrected chi connectivity index (χ4v) is 3.42. The molecule has 1 aliphatic carbocycles. The Morgan fingerprint density at radius 3 is 2.47 bits per heavy atom. The fraction of sp³-hybridized carbons (Fsp3) is 0.500. The molecule has 0 saturated heterocycles. The Balaban J connectivity index is 2.00. The molecule has 8 heteroatoms. The predicted molar refractivity (Wildman–Crippen MR) is 120 cm³/mol. The van der Waals surface area contributed by atoms with E-state index >= 15 is 0 Å². The molecule has 0 bridgehead atoms. The number of carbonyl (C=O) groups excluding carboxylic acids is 2. The number of hydroxylamine groups is 1. The lowest BCUT2D eigenvalue weighted by Crippen LogP contribution is -2.37. The van der Waals surface area contributed by atoms with Crippen LogP contribution in [0.5, 0.6) is 11.5 Å². The van der Waals surface area contributed by atoms with Gasteiger partial charge in [0.25, 0.3) is 5.91 Å². The van der Waals surface area contributed by atoms with Gasteiger partial charge in [-0.25, -0.2) is 5.48 Å². The molecule has 32 heavy (non-hydrogen) atoms. The number of nitrogens with one attached hydrogen (secondary N) is 2. The van der Waals surface area contributed by atoms with E-state index in [0.29, 0.717) is 30.8 Å². The smallest absolute Gasteiger partial charge is 0.253 e.